The van der Waals surface area contributed by atoms with E-state index in [9.17, 15) is 4.79 Å². The lowest BCUT2D eigenvalue weighted by Crippen LogP contribution is -2.35. The maximum atomic E-state index is 11.0. The molecule has 1 aromatic rings. The van der Waals surface area contributed by atoms with E-state index < -0.39 is 12.0 Å². The first-order valence-electron chi connectivity index (χ1n) is 4.94. The predicted octanol–water partition coefficient (Wildman–Crippen LogP) is 2.39. The van der Waals surface area contributed by atoms with E-state index in [4.69, 9.17) is 16.7 Å². The molecule has 1 N–H and O–H groups in total. The van der Waals surface area contributed by atoms with Gasteiger partial charge in [-0.1, -0.05) is 23.7 Å². The summed E-state index contributed by atoms with van der Waals surface area (Å²) in [5.41, 5.74) is 0.823. The van der Waals surface area contributed by atoms with Gasteiger partial charge in [-0.15, -0.1) is 0 Å². The molecule has 3 nitrogen and oxygen atoms in total. The van der Waals surface area contributed by atoms with Gasteiger partial charge in [0, 0.05) is 6.54 Å². The average molecular weight is 226 g/mol. The minimum absolute atomic E-state index is 0.426. The Balaban J connectivity index is 2.30. The number of para-hydroxylation sites is 1. The Kier molecular flexibility index (Phi) is 2.82. The van der Waals surface area contributed by atoms with Crippen LogP contribution in [0, 0.1) is 0 Å². The van der Waals surface area contributed by atoms with Gasteiger partial charge in [0.2, 0.25) is 0 Å². The van der Waals surface area contributed by atoms with E-state index in [1.165, 1.54) is 0 Å². The fraction of sp³-hybridized carbons (Fsp3) is 0.364. The Labute approximate surface area is 93.3 Å². The van der Waals surface area contributed by atoms with Crippen LogP contribution in [0.3, 0.4) is 0 Å². The number of benzene rings is 1. The van der Waals surface area contributed by atoms with Gasteiger partial charge in [0.25, 0.3) is 0 Å². The maximum Gasteiger partial charge on any atom is 0.326 e. The molecule has 0 amide bonds. The SMILES string of the molecule is O=C(O)[C@@H]1CCCN1c1ccccc1Cl. The van der Waals surface area contributed by atoms with Gasteiger partial charge in [0.05, 0.1) is 10.7 Å². The molecule has 1 atom stereocenters. The van der Waals surface area contributed by atoms with Gasteiger partial charge in [-0.2, -0.15) is 0 Å². The third kappa shape index (κ3) is 1.92. The Hall–Kier alpha value is -1.22. The first-order valence-corrected chi connectivity index (χ1v) is 5.32. The summed E-state index contributed by atoms with van der Waals surface area (Å²) in [5, 5.41) is 9.67. The van der Waals surface area contributed by atoms with Gasteiger partial charge in [-0.3, -0.25) is 0 Å². The molecule has 0 aromatic heterocycles. The Bertz CT molecular complexity index is 381. The quantitative estimate of drug-likeness (QED) is 0.840. The number of carbonyl (C=O) groups is 1. The van der Waals surface area contributed by atoms with Crippen LogP contribution in [-0.2, 0) is 4.79 Å². The van der Waals surface area contributed by atoms with Crippen LogP contribution in [0.1, 0.15) is 12.8 Å². The fourth-order valence-corrected chi connectivity index (χ4v) is 2.24. The van der Waals surface area contributed by atoms with Crippen molar-refractivity contribution >= 4 is 23.3 Å². The third-order valence-corrected chi connectivity index (χ3v) is 3.02. The topological polar surface area (TPSA) is 40.5 Å². The van der Waals surface area contributed by atoms with Crippen molar-refractivity contribution in [2.75, 3.05) is 11.4 Å². The number of anilines is 1. The summed E-state index contributed by atoms with van der Waals surface area (Å²) in [6.07, 6.45) is 1.60. The lowest BCUT2D eigenvalue weighted by Gasteiger charge is -2.24. The van der Waals surface area contributed by atoms with Crippen LogP contribution in [0.25, 0.3) is 0 Å². The summed E-state index contributed by atoms with van der Waals surface area (Å²) in [5.74, 6) is -0.771. The lowest BCUT2D eigenvalue weighted by molar-refractivity contribution is -0.138. The molecule has 1 aromatic carbocycles. The summed E-state index contributed by atoms with van der Waals surface area (Å²) in [6, 6.07) is 6.94. The van der Waals surface area contributed by atoms with Gasteiger partial charge in [-0.05, 0) is 25.0 Å². The highest BCUT2D eigenvalue weighted by Gasteiger charge is 2.31. The molecule has 0 unspecified atom stereocenters. The largest absolute Gasteiger partial charge is 0.480 e. The Morgan fingerprint density at radius 2 is 2.20 bits per heavy atom. The molecule has 1 heterocycles. The highest BCUT2D eigenvalue weighted by molar-refractivity contribution is 6.33. The molecule has 15 heavy (non-hydrogen) atoms. The third-order valence-electron chi connectivity index (χ3n) is 2.70. The van der Waals surface area contributed by atoms with Crippen LogP contribution in [0.15, 0.2) is 24.3 Å². The summed E-state index contributed by atoms with van der Waals surface area (Å²) < 4.78 is 0. The van der Waals surface area contributed by atoms with Crippen molar-refractivity contribution < 1.29 is 9.90 Å². The van der Waals surface area contributed by atoms with E-state index in [0.29, 0.717) is 11.4 Å². The first kappa shape index (κ1) is 10.3. The van der Waals surface area contributed by atoms with Gasteiger partial charge < -0.3 is 10.0 Å². The van der Waals surface area contributed by atoms with Gasteiger partial charge in [0.15, 0.2) is 0 Å². The van der Waals surface area contributed by atoms with Crippen molar-refractivity contribution in [3.05, 3.63) is 29.3 Å². The van der Waals surface area contributed by atoms with Crippen molar-refractivity contribution in [1.29, 1.82) is 0 Å². The van der Waals surface area contributed by atoms with E-state index in [0.717, 1.165) is 18.7 Å². The lowest BCUT2D eigenvalue weighted by atomic mass is 10.2. The monoisotopic (exact) mass is 225 g/mol. The molecule has 0 bridgehead atoms. The van der Waals surface area contributed by atoms with E-state index in [-0.39, 0.29) is 0 Å². The number of rotatable bonds is 2. The molecule has 80 valence electrons. The molecule has 0 saturated carbocycles. The maximum absolute atomic E-state index is 11.0. The summed E-state index contributed by atoms with van der Waals surface area (Å²) in [7, 11) is 0. The highest BCUT2D eigenvalue weighted by atomic mass is 35.5. The summed E-state index contributed by atoms with van der Waals surface area (Å²) >= 11 is 6.04. The second kappa shape index (κ2) is 4.11. The van der Waals surface area contributed by atoms with Crippen molar-refractivity contribution in [3.63, 3.8) is 0 Å². The molecule has 1 aliphatic heterocycles. The van der Waals surface area contributed by atoms with Gasteiger partial charge in [-0.25, -0.2) is 4.79 Å². The van der Waals surface area contributed by atoms with Gasteiger partial charge in [0.1, 0.15) is 6.04 Å². The van der Waals surface area contributed by atoms with Crippen LogP contribution in [-0.4, -0.2) is 23.7 Å². The minimum atomic E-state index is -0.771. The highest BCUT2D eigenvalue weighted by Crippen LogP contribution is 2.31. The zero-order valence-corrected chi connectivity index (χ0v) is 8.94. The molecule has 2 rings (SSSR count). The summed E-state index contributed by atoms with van der Waals surface area (Å²) in [4.78, 5) is 12.9. The second-order valence-corrected chi connectivity index (χ2v) is 4.05. The smallest absolute Gasteiger partial charge is 0.326 e. The van der Waals surface area contributed by atoms with E-state index in [1.807, 2.05) is 23.1 Å². The van der Waals surface area contributed by atoms with E-state index >= 15 is 0 Å². The normalized spacial score (nSPS) is 20.6. The molecule has 0 aliphatic carbocycles. The molecule has 4 heteroatoms. The van der Waals surface area contributed by atoms with Crippen LogP contribution < -0.4 is 4.90 Å². The van der Waals surface area contributed by atoms with Crippen LogP contribution >= 0.6 is 11.6 Å². The van der Waals surface area contributed by atoms with E-state index in [2.05, 4.69) is 0 Å². The van der Waals surface area contributed by atoms with Crippen LogP contribution in [0.2, 0.25) is 5.02 Å². The number of nitrogens with zero attached hydrogens (tertiary/aromatic N) is 1. The zero-order valence-electron chi connectivity index (χ0n) is 8.19. The molecule has 0 spiro atoms. The first-order chi connectivity index (χ1) is 7.20. The number of hydrogen-bond donors (Lipinski definition) is 1. The Morgan fingerprint density at radius 3 is 2.87 bits per heavy atom. The van der Waals surface area contributed by atoms with Crippen LogP contribution in [0.5, 0.6) is 0 Å². The van der Waals surface area contributed by atoms with Crippen LogP contribution in [0.4, 0.5) is 5.69 Å². The number of carboxylic acid groups (broad SMARTS) is 1. The molecule has 0 radical (unpaired) electrons. The molecular formula is C11H12ClNO2. The second-order valence-electron chi connectivity index (χ2n) is 3.64. The fourth-order valence-electron chi connectivity index (χ4n) is 2.00. The zero-order chi connectivity index (χ0) is 10.8. The van der Waals surface area contributed by atoms with Crippen molar-refractivity contribution in [2.24, 2.45) is 0 Å². The molecule has 1 saturated heterocycles. The predicted molar refractivity (Wildman–Crippen MR) is 59.5 cm³/mol. The van der Waals surface area contributed by atoms with Crippen molar-refractivity contribution in [3.8, 4) is 0 Å². The average Bonchev–Trinajstić information content (AvgIpc) is 2.67. The number of hydrogen-bond acceptors (Lipinski definition) is 2. The Morgan fingerprint density at radius 1 is 1.47 bits per heavy atom. The minimum Gasteiger partial charge on any atom is -0.480 e. The van der Waals surface area contributed by atoms with E-state index in [1.54, 1.807) is 6.07 Å². The van der Waals surface area contributed by atoms with Crippen molar-refractivity contribution in [2.45, 2.75) is 18.9 Å². The molecular weight excluding hydrogens is 214 g/mol. The molecule has 1 aliphatic rings. The van der Waals surface area contributed by atoms with Gasteiger partial charge >= 0.3 is 5.97 Å². The van der Waals surface area contributed by atoms with Crippen molar-refractivity contribution in [1.82, 2.24) is 0 Å². The summed E-state index contributed by atoms with van der Waals surface area (Å²) in [6.45, 7) is 0.765. The number of carboxylic acids is 1. The number of halogens is 1. The molecule has 1 fully saturated rings. The standard InChI is InChI=1S/C11H12ClNO2/c12-8-4-1-2-5-9(8)13-7-3-6-10(13)11(14)15/h1-2,4-5,10H,3,6-7H2,(H,14,15)/t10-/m0/s1. The number of aliphatic carboxylic acids is 1.